The van der Waals surface area contributed by atoms with Gasteiger partial charge in [-0.1, -0.05) is 30.3 Å². The van der Waals surface area contributed by atoms with Gasteiger partial charge >= 0.3 is 0 Å². The van der Waals surface area contributed by atoms with E-state index in [1.54, 1.807) is 55.6 Å². The van der Waals surface area contributed by atoms with E-state index < -0.39 is 5.91 Å². The number of carbonyl (C=O) groups is 2. The zero-order valence-corrected chi connectivity index (χ0v) is 15.9. The van der Waals surface area contributed by atoms with Crippen LogP contribution in [0, 0.1) is 0 Å². The minimum atomic E-state index is -0.474. The number of aliphatic hydroxyl groups is 1. The highest BCUT2D eigenvalue weighted by Gasteiger charge is 2.16. The zero-order valence-electron chi connectivity index (χ0n) is 15.9. The average Bonchev–Trinajstić information content (AvgIpc) is 2.74. The van der Waals surface area contributed by atoms with Gasteiger partial charge in [-0.3, -0.25) is 9.59 Å². The molecule has 0 aliphatic rings. The largest absolute Gasteiger partial charge is 0.395 e. The maximum Gasteiger partial charge on any atom is 0.278 e. The second-order valence-electron chi connectivity index (χ2n) is 6.34. The molecule has 0 fully saturated rings. The molecule has 0 aliphatic heterocycles. The summed E-state index contributed by atoms with van der Waals surface area (Å²) in [5.74, 6) is -0.693. The summed E-state index contributed by atoms with van der Waals surface area (Å²) in [5, 5.41) is 11.7. The molecule has 1 aromatic heterocycles. The highest BCUT2D eigenvalue weighted by molar-refractivity contribution is 6.06. The Balaban J connectivity index is 1.88. The summed E-state index contributed by atoms with van der Waals surface area (Å²) in [6, 6.07) is 15.8. The van der Waals surface area contributed by atoms with Gasteiger partial charge < -0.3 is 21.1 Å². The van der Waals surface area contributed by atoms with E-state index in [1.165, 1.54) is 11.1 Å². The van der Waals surface area contributed by atoms with Crippen molar-refractivity contribution in [3.05, 3.63) is 72.1 Å². The van der Waals surface area contributed by atoms with Crippen LogP contribution in [0.1, 0.15) is 20.8 Å². The van der Waals surface area contributed by atoms with Gasteiger partial charge in [-0.2, -0.15) is 0 Å². The van der Waals surface area contributed by atoms with E-state index in [4.69, 9.17) is 10.8 Å². The van der Waals surface area contributed by atoms with Crippen molar-refractivity contribution >= 4 is 23.3 Å². The van der Waals surface area contributed by atoms with Gasteiger partial charge in [-0.15, -0.1) is 0 Å². The maximum absolute atomic E-state index is 12.6. The van der Waals surface area contributed by atoms with Crippen molar-refractivity contribution in [2.45, 2.75) is 0 Å². The van der Waals surface area contributed by atoms with Gasteiger partial charge in [0.15, 0.2) is 11.5 Å². The zero-order chi connectivity index (χ0) is 20.8. The van der Waals surface area contributed by atoms with E-state index >= 15 is 0 Å². The number of anilines is 2. The Labute approximate surface area is 168 Å². The Kier molecular flexibility index (Phi) is 6.16. The first kappa shape index (κ1) is 20.0. The molecule has 0 aliphatic carbocycles. The standard InChI is InChI=1S/C21H21N5O3/c1-26(10-11-27)21(29)15-7-5-6-14(12-15)17-13-23-19(22)18(25-17)20(28)24-16-8-3-2-4-9-16/h2-9,12-13,27H,10-11H2,1H3,(H2,22,23)(H,24,28). The number of nitrogens with two attached hydrogens (primary N) is 1. The highest BCUT2D eigenvalue weighted by atomic mass is 16.3. The van der Waals surface area contributed by atoms with Crippen LogP contribution in [0.15, 0.2) is 60.8 Å². The number of aromatic nitrogens is 2. The number of rotatable bonds is 6. The number of para-hydroxylation sites is 1. The summed E-state index contributed by atoms with van der Waals surface area (Å²) in [6.45, 7) is 0.111. The predicted molar refractivity (Wildman–Crippen MR) is 110 cm³/mol. The molecule has 0 bridgehead atoms. The molecule has 8 heteroatoms. The molecule has 148 valence electrons. The number of hydrogen-bond acceptors (Lipinski definition) is 6. The van der Waals surface area contributed by atoms with Crippen LogP contribution in [0.3, 0.4) is 0 Å². The third kappa shape index (κ3) is 4.74. The SMILES string of the molecule is CN(CCO)C(=O)c1cccc(-c2cnc(N)c(C(=O)Nc3ccccc3)n2)c1. The van der Waals surface area contributed by atoms with Crippen LogP contribution in [-0.2, 0) is 0 Å². The van der Waals surface area contributed by atoms with Crippen LogP contribution < -0.4 is 11.1 Å². The van der Waals surface area contributed by atoms with Gasteiger partial charge in [-0.05, 0) is 24.3 Å². The van der Waals surface area contributed by atoms with Gasteiger partial charge in [0.1, 0.15) is 0 Å². The minimum absolute atomic E-state index is 0.000446. The summed E-state index contributed by atoms with van der Waals surface area (Å²) >= 11 is 0. The van der Waals surface area contributed by atoms with Crippen LogP contribution in [0.2, 0.25) is 0 Å². The van der Waals surface area contributed by atoms with E-state index in [-0.39, 0.29) is 30.6 Å². The topological polar surface area (TPSA) is 121 Å². The Hall–Kier alpha value is -3.78. The summed E-state index contributed by atoms with van der Waals surface area (Å²) in [5.41, 5.74) is 7.94. The van der Waals surface area contributed by atoms with Crippen LogP contribution in [0.4, 0.5) is 11.5 Å². The maximum atomic E-state index is 12.6. The summed E-state index contributed by atoms with van der Waals surface area (Å²) in [6.07, 6.45) is 1.45. The van der Waals surface area contributed by atoms with Crippen molar-refractivity contribution in [3.8, 4) is 11.3 Å². The summed E-state index contributed by atoms with van der Waals surface area (Å²) in [4.78, 5) is 34.9. The molecule has 0 unspecified atom stereocenters. The van der Waals surface area contributed by atoms with Gasteiger partial charge in [0.05, 0.1) is 18.5 Å². The minimum Gasteiger partial charge on any atom is -0.395 e. The van der Waals surface area contributed by atoms with E-state index in [0.29, 0.717) is 22.5 Å². The molecule has 29 heavy (non-hydrogen) atoms. The van der Waals surface area contributed by atoms with Gasteiger partial charge in [0.2, 0.25) is 0 Å². The molecule has 1 heterocycles. The Morgan fingerprint density at radius 3 is 2.62 bits per heavy atom. The molecular formula is C21H21N5O3. The van der Waals surface area contributed by atoms with E-state index in [0.717, 1.165) is 0 Å². The third-order valence-electron chi connectivity index (χ3n) is 4.23. The fourth-order valence-electron chi connectivity index (χ4n) is 2.70. The van der Waals surface area contributed by atoms with Crippen molar-refractivity contribution < 1.29 is 14.7 Å². The van der Waals surface area contributed by atoms with Crippen LogP contribution in [0.25, 0.3) is 11.3 Å². The van der Waals surface area contributed by atoms with Crippen LogP contribution in [0.5, 0.6) is 0 Å². The first-order valence-electron chi connectivity index (χ1n) is 8.95. The van der Waals surface area contributed by atoms with Crippen LogP contribution >= 0.6 is 0 Å². The molecule has 0 saturated heterocycles. The third-order valence-corrected chi connectivity index (χ3v) is 4.23. The number of amides is 2. The van der Waals surface area contributed by atoms with Crippen molar-refractivity contribution in [1.82, 2.24) is 14.9 Å². The second kappa shape index (κ2) is 8.94. The Bertz CT molecular complexity index is 1020. The summed E-state index contributed by atoms with van der Waals surface area (Å²) in [7, 11) is 1.61. The lowest BCUT2D eigenvalue weighted by molar-refractivity contribution is 0.0767. The molecule has 0 radical (unpaired) electrons. The molecule has 2 amide bonds. The number of hydrogen-bond donors (Lipinski definition) is 3. The van der Waals surface area contributed by atoms with Gasteiger partial charge in [0, 0.05) is 30.4 Å². The average molecular weight is 391 g/mol. The second-order valence-corrected chi connectivity index (χ2v) is 6.34. The monoisotopic (exact) mass is 391 g/mol. The van der Waals surface area contributed by atoms with E-state index in [9.17, 15) is 9.59 Å². The highest BCUT2D eigenvalue weighted by Crippen LogP contribution is 2.21. The number of likely N-dealkylation sites (N-methyl/N-ethyl adjacent to an activating group) is 1. The van der Waals surface area contributed by atoms with Crippen molar-refractivity contribution in [1.29, 1.82) is 0 Å². The predicted octanol–water partition coefficient (Wildman–Crippen LogP) is 2.04. The summed E-state index contributed by atoms with van der Waals surface area (Å²) < 4.78 is 0. The van der Waals surface area contributed by atoms with Crippen molar-refractivity contribution in [2.75, 3.05) is 31.2 Å². The molecule has 0 spiro atoms. The number of carbonyl (C=O) groups excluding carboxylic acids is 2. The first-order chi connectivity index (χ1) is 14.0. The first-order valence-corrected chi connectivity index (χ1v) is 8.95. The molecule has 0 saturated carbocycles. The van der Waals surface area contributed by atoms with Crippen LogP contribution in [-0.4, -0.2) is 52.0 Å². The number of nitrogens with one attached hydrogen (secondary N) is 1. The molecule has 0 atom stereocenters. The molecule has 4 N–H and O–H groups in total. The molecule has 2 aromatic carbocycles. The molecule has 8 nitrogen and oxygen atoms in total. The fraction of sp³-hybridized carbons (Fsp3) is 0.143. The van der Waals surface area contributed by atoms with E-state index in [1.807, 2.05) is 6.07 Å². The van der Waals surface area contributed by atoms with Crippen molar-refractivity contribution in [2.24, 2.45) is 0 Å². The molecular weight excluding hydrogens is 370 g/mol. The number of benzene rings is 2. The molecule has 3 aromatic rings. The van der Waals surface area contributed by atoms with E-state index in [2.05, 4.69) is 15.3 Å². The lowest BCUT2D eigenvalue weighted by atomic mass is 10.1. The smallest absolute Gasteiger partial charge is 0.278 e. The van der Waals surface area contributed by atoms with Gasteiger partial charge in [-0.25, -0.2) is 9.97 Å². The Morgan fingerprint density at radius 2 is 1.90 bits per heavy atom. The fourth-order valence-corrected chi connectivity index (χ4v) is 2.70. The quantitative estimate of drug-likeness (QED) is 0.591. The molecule has 3 rings (SSSR count). The van der Waals surface area contributed by atoms with Gasteiger partial charge in [0.25, 0.3) is 11.8 Å². The normalized spacial score (nSPS) is 10.4. The number of aliphatic hydroxyl groups excluding tert-OH is 1. The number of nitrogen functional groups attached to an aromatic ring is 1. The lowest BCUT2D eigenvalue weighted by Gasteiger charge is -2.16. The lowest BCUT2D eigenvalue weighted by Crippen LogP contribution is -2.29. The van der Waals surface area contributed by atoms with Crippen molar-refractivity contribution in [3.63, 3.8) is 0 Å². The Morgan fingerprint density at radius 1 is 1.14 bits per heavy atom. The number of nitrogens with zero attached hydrogens (tertiary/aromatic N) is 3.